The number of carbonyl (C=O) groups excluding carboxylic acids is 1. The van der Waals surface area contributed by atoms with Crippen molar-refractivity contribution in [3.05, 3.63) is 46.3 Å². The molecule has 2 heterocycles. The minimum absolute atomic E-state index is 0. The lowest BCUT2D eigenvalue weighted by atomic mass is 10.0. The van der Waals surface area contributed by atoms with Crippen molar-refractivity contribution >= 4 is 58.9 Å². The number of hydrogen-bond donors (Lipinski definition) is 1. The van der Waals surface area contributed by atoms with Crippen molar-refractivity contribution in [3.63, 3.8) is 0 Å². The largest absolute Gasteiger partial charge is 0.360 e. The molecule has 30 heavy (non-hydrogen) atoms. The van der Waals surface area contributed by atoms with Crippen LogP contribution in [0.5, 0.6) is 0 Å². The van der Waals surface area contributed by atoms with Crippen LogP contribution >= 0.6 is 42.9 Å². The van der Waals surface area contributed by atoms with E-state index in [0.29, 0.717) is 31.0 Å². The Morgan fingerprint density at radius 3 is 2.47 bits per heavy atom. The maximum atomic E-state index is 12.9. The van der Waals surface area contributed by atoms with Crippen molar-refractivity contribution in [2.75, 3.05) is 6.54 Å². The zero-order chi connectivity index (χ0) is 19.9. The maximum absolute atomic E-state index is 12.9. The number of sulfonamides is 1. The summed E-state index contributed by atoms with van der Waals surface area (Å²) in [5, 5.41) is 6.83. The smallest absolute Gasteiger partial charge is 0.273 e. The number of nitrogens with zero attached hydrogens (tertiary/aromatic N) is 2. The molecule has 1 aromatic heterocycles. The molecule has 0 unspecified atom stereocenters. The molecule has 7 nitrogen and oxygen atoms in total. The Bertz CT molecular complexity index is 977. The van der Waals surface area contributed by atoms with Crippen LogP contribution in [0, 0.1) is 0 Å². The fourth-order valence-electron chi connectivity index (χ4n) is 3.60. The van der Waals surface area contributed by atoms with Crippen LogP contribution in [0.4, 0.5) is 0 Å². The average molecular weight is 537 g/mol. The quantitative estimate of drug-likeness (QED) is 0.632. The van der Waals surface area contributed by atoms with E-state index in [9.17, 15) is 13.2 Å². The molecule has 2 fully saturated rings. The van der Waals surface area contributed by atoms with E-state index in [1.165, 1.54) is 4.31 Å². The van der Waals surface area contributed by atoms with Gasteiger partial charge in [0, 0.05) is 35.1 Å². The van der Waals surface area contributed by atoms with Crippen molar-refractivity contribution in [2.24, 2.45) is 0 Å². The molecule has 1 N–H and O–H groups in total. The second-order valence-corrected chi connectivity index (χ2v) is 10.3. The lowest BCUT2D eigenvalue weighted by Crippen LogP contribution is -2.50. The van der Waals surface area contributed by atoms with Crippen LogP contribution in [0.15, 0.2) is 44.2 Å². The molecule has 0 bridgehead atoms. The first kappa shape index (κ1) is 25.3. The number of amides is 1. The fraction of sp³-hybridized carbons (Fsp3) is 0.474. The number of nitrogens with one attached hydrogen (secondary N) is 1. The van der Waals surface area contributed by atoms with Crippen LogP contribution in [0.3, 0.4) is 0 Å². The summed E-state index contributed by atoms with van der Waals surface area (Å²) in [5.41, 5.74) is 0.291. The first-order valence-corrected chi connectivity index (χ1v) is 11.6. The van der Waals surface area contributed by atoms with Gasteiger partial charge in [0.05, 0.1) is 4.90 Å². The molecule has 2 atom stereocenters. The van der Waals surface area contributed by atoms with E-state index < -0.39 is 10.0 Å². The lowest BCUT2D eigenvalue weighted by Gasteiger charge is -2.36. The molecule has 1 aliphatic heterocycles. The van der Waals surface area contributed by atoms with Crippen molar-refractivity contribution in [1.82, 2.24) is 14.8 Å². The summed E-state index contributed by atoms with van der Waals surface area (Å²) < 4.78 is 33.4. The van der Waals surface area contributed by atoms with Crippen molar-refractivity contribution < 1.29 is 17.7 Å². The van der Waals surface area contributed by atoms with E-state index >= 15 is 0 Å². The first-order valence-electron chi connectivity index (χ1n) is 9.39. The highest BCUT2D eigenvalue weighted by Crippen LogP contribution is 2.40. The third-order valence-corrected chi connectivity index (χ3v) is 7.87. The van der Waals surface area contributed by atoms with E-state index in [1.807, 2.05) is 6.92 Å². The summed E-state index contributed by atoms with van der Waals surface area (Å²) in [5.74, 6) is 0.909. The molecule has 2 aromatic rings. The van der Waals surface area contributed by atoms with Gasteiger partial charge in [0.25, 0.3) is 5.91 Å². The van der Waals surface area contributed by atoms with Gasteiger partial charge in [0.1, 0.15) is 5.76 Å². The van der Waals surface area contributed by atoms with Gasteiger partial charge in [-0.2, -0.15) is 31.3 Å². The van der Waals surface area contributed by atoms with Gasteiger partial charge < -0.3 is 9.84 Å². The van der Waals surface area contributed by atoms with Crippen molar-refractivity contribution in [3.8, 4) is 0 Å². The molecule has 1 saturated heterocycles. The number of piperidine rings is 1. The third kappa shape index (κ3) is 5.42. The molecule has 4 rings (SSSR count). The highest BCUT2D eigenvalue weighted by molar-refractivity contribution is 9.10. The molecular formula is C19H26BrN3O4S3. The molecule has 2 aliphatic rings. The number of carbonyl (C=O) groups is 1. The van der Waals surface area contributed by atoms with Crippen LogP contribution in [-0.4, -0.2) is 42.4 Å². The molecule has 1 amide bonds. The van der Waals surface area contributed by atoms with Gasteiger partial charge in [0.15, 0.2) is 5.69 Å². The van der Waals surface area contributed by atoms with Crippen LogP contribution < -0.4 is 5.32 Å². The summed E-state index contributed by atoms with van der Waals surface area (Å²) >= 11 is 3.32. The van der Waals surface area contributed by atoms with Gasteiger partial charge in [0.2, 0.25) is 10.0 Å². The number of benzene rings is 1. The molecule has 1 saturated carbocycles. The van der Waals surface area contributed by atoms with Crippen LogP contribution in [0.2, 0.25) is 0 Å². The zero-order valence-electron chi connectivity index (χ0n) is 16.5. The first-order chi connectivity index (χ1) is 13.3. The molecule has 0 spiro atoms. The highest BCUT2D eigenvalue weighted by Gasteiger charge is 2.35. The number of hydrogen-bond acceptors (Lipinski definition) is 5. The molecule has 0 radical (unpaired) electrons. The van der Waals surface area contributed by atoms with Crippen molar-refractivity contribution in [2.45, 2.75) is 55.5 Å². The van der Waals surface area contributed by atoms with Crippen LogP contribution in [0.1, 0.15) is 54.8 Å². The van der Waals surface area contributed by atoms with Crippen molar-refractivity contribution in [1.29, 1.82) is 0 Å². The highest BCUT2D eigenvalue weighted by atomic mass is 79.9. The lowest BCUT2D eigenvalue weighted by molar-refractivity contribution is 0.0905. The predicted octanol–water partition coefficient (Wildman–Crippen LogP) is 3.51. The summed E-state index contributed by atoms with van der Waals surface area (Å²) in [6.07, 6.45) is 3.27. The Morgan fingerprint density at radius 1 is 1.20 bits per heavy atom. The van der Waals surface area contributed by atoms with Gasteiger partial charge in [-0.25, -0.2) is 8.42 Å². The van der Waals surface area contributed by atoms with E-state index in [0.717, 1.165) is 23.1 Å². The monoisotopic (exact) mass is 535 g/mol. The summed E-state index contributed by atoms with van der Waals surface area (Å²) in [6, 6.07) is 8.04. The number of aromatic nitrogens is 1. The minimum atomic E-state index is -3.56. The van der Waals surface area contributed by atoms with E-state index in [4.69, 9.17) is 4.52 Å². The Kier molecular flexibility index (Phi) is 8.48. The predicted molar refractivity (Wildman–Crippen MR) is 127 cm³/mol. The second kappa shape index (κ2) is 10.1. The summed E-state index contributed by atoms with van der Waals surface area (Å²) in [7, 11) is -3.56. The Hall–Kier alpha value is -1.01. The van der Waals surface area contributed by atoms with E-state index in [2.05, 4.69) is 26.4 Å². The Labute approximate surface area is 199 Å². The van der Waals surface area contributed by atoms with Crippen LogP contribution in [0.25, 0.3) is 0 Å². The number of halogens is 1. The van der Waals surface area contributed by atoms with E-state index in [1.54, 1.807) is 30.3 Å². The van der Waals surface area contributed by atoms with Gasteiger partial charge in [-0.05, 0) is 56.9 Å². The van der Waals surface area contributed by atoms with Gasteiger partial charge in [-0.3, -0.25) is 4.79 Å². The molecule has 1 aromatic carbocycles. The van der Waals surface area contributed by atoms with E-state index in [-0.39, 0.29) is 49.9 Å². The number of rotatable bonds is 5. The molecule has 1 aliphatic carbocycles. The van der Waals surface area contributed by atoms with Gasteiger partial charge in [-0.15, -0.1) is 0 Å². The normalized spacial score (nSPS) is 21.9. The minimum Gasteiger partial charge on any atom is -0.360 e. The second-order valence-electron chi connectivity index (χ2n) is 7.50. The molecular weight excluding hydrogens is 510 g/mol. The van der Waals surface area contributed by atoms with Crippen LogP contribution in [-0.2, 0) is 10.0 Å². The SMILES string of the molecule is C[C@H]1C[C@@H](NC(=O)c2cc(C3CC3)on2)CCN1S(=O)(=O)c1ccc(Br)cc1.S.S. The average Bonchev–Trinajstić information content (AvgIpc) is 3.38. The summed E-state index contributed by atoms with van der Waals surface area (Å²) in [4.78, 5) is 12.7. The third-order valence-electron chi connectivity index (χ3n) is 5.31. The fourth-order valence-corrected chi connectivity index (χ4v) is 5.52. The van der Waals surface area contributed by atoms with Gasteiger partial charge in [-0.1, -0.05) is 21.1 Å². The summed E-state index contributed by atoms with van der Waals surface area (Å²) in [6.45, 7) is 2.23. The molecule has 11 heteroatoms. The molecule has 166 valence electrons. The zero-order valence-corrected chi connectivity index (χ0v) is 20.9. The topological polar surface area (TPSA) is 92.5 Å². The Balaban J connectivity index is 0.00000160. The Morgan fingerprint density at radius 2 is 1.87 bits per heavy atom. The standard InChI is InChI=1S/C19H22BrN3O4S.2H2S/c1-12-10-15(21-19(24)17-11-18(27-22-17)13-2-3-13)8-9-23(12)28(25,26)16-6-4-14(20)5-7-16;;/h4-7,11-13,15H,2-3,8-10H2,1H3,(H,21,24);2*1H2/t12-,15-;;/m0../s1. The van der Waals surface area contributed by atoms with Gasteiger partial charge >= 0.3 is 0 Å². The maximum Gasteiger partial charge on any atom is 0.273 e.